The summed E-state index contributed by atoms with van der Waals surface area (Å²) in [5, 5.41) is 13.4. The van der Waals surface area contributed by atoms with Crippen molar-refractivity contribution >= 4 is 15.8 Å². The second kappa shape index (κ2) is 7.40. The van der Waals surface area contributed by atoms with Gasteiger partial charge in [0.2, 0.25) is 5.95 Å². The van der Waals surface area contributed by atoms with Crippen LogP contribution >= 0.6 is 0 Å². The fourth-order valence-corrected chi connectivity index (χ4v) is 2.86. The van der Waals surface area contributed by atoms with Crippen molar-refractivity contribution in [3.05, 3.63) is 35.4 Å². The van der Waals surface area contributed by atoms with Crippen molar-refractivity contribution in [3.63, 3.8) is 0 Å². The Labute approximate surface area is 141 Å². The van der Waals surface area contributed by atoms with E-state index in [0.717, 1.165) is 17.7 Å². The number of aryl methyl sites for hydroxylation is 2. The van der Waals surface area contributed by atoms with Crippen molar-refractivity contribution in [2.75, 3.05) is 23.5 Å². The Balaban J connectivity index is 2.33. The summed E-state index contributed by atoms with van der Waals surface area (Å²) in [5.41, 5.74) is 2.17. The second-order valence-electron chi connectivity index (χ2n) is 5.53. The Kier molecular flexibility index (Phi) is 5.51. The molecule has 0 aliphatic carbocycles. The van der Waals surface area contributed by atoms with E-state index >= 15 is 0 Å². The molecule has 2 aromatic rings. The number of nitriles is 1. The highest BCUT2D eigenvalue weighted by Crippen LogP contribution is 2.15. The molecule has 9 heteroatoms. The van der Waals surface area contributed by atoms with Crippen LogP contribution in [0.1, 0.15) is 23.9 Å². The maximum Gasteiger partial charge on any atom is 0.226 e. The van der Waals surface area contributed by atoms with Crippen molar-refractivity contribution in [2.24, 2.45) is 7.05 Å². The molecule has 0 aliphatic heterocycles. The summed E-state index contributed by atoms with van der Waals surface area (Å²) in [4.78, 5) is 10.1. The van der Waals surface area contributed by atoms with Crippen molar-refractivity contribution in [1.82, 2.24) is 19.7 Å². The average Bonchev–Trinajstić information content (AvgIpc) is 2.90. The minimum Gasteiger partial charge on any atom is -0.335 e. The van der Waals surface area contributed by atoms with Crippen LogP contribution in [0, 0.1) is 11.3 Å². The zero-order chi connectivity index (χ0) is 17.7. The van der Waals surface area contributed by atoms with Gasteiger partial charge in [-0.3, -0.25) is 4.68 Å². The third-order valence-electron chi connectivity index (χ3n) is 3.46. The topological polar surface area (TPSA) is 105 Å². The SMILES string of the molecule is CCc1nn(C)cc1CN(CCS(C)(=O)=O)c1nccc(C#N)n1. The van der Waals surface area contributed by atoms with Crippen LogP contribution in [0.5, 0.6) is 0 Å². The molecule has 0 fully saturated rings. The van der Waals surface area contributed by atoms with E-state index in [1.165, 1.54) is 18.5 Å². The number of hydrogen-bond acceptors (Lipinski definition) is 7. The Morgan fingerprint density at radius 1 is 1.42 bits per heavy atom. The normalized spacial score (nSPS) is 11.2. The van der Waals surface area contributed by atoms with Crippen molar-refractivity contribution in [1.29, 1.82) is 5.26 Å². The van der Waals surface area contributed by atoms with Crippen LogP contribution in [-0.4, -0.2) is 46.7 Å². The summed E-state index contributed by atoms with van der Waals surface area (Å²) in [5.74, 6) is 0.318. The highest BCUT2D eigenvalue weighted by molar-refractivity contribution is 7.90. The lowest BCUT2D eigenvalue weighted by Crippen LogP contribution is -2.30. The van der Waals surface area contributed by atoms with Crippen LogP contribution in [0.3, 0.4) is 0 Å². The predicted molar refractivity (Wildman–Crippen MR) is 90.1 cm³/mol. The van der Waals surface area contributed by atoms with Gasteiger partial charge in [-0.2, -0.15) is 10.4 Å². The fourth-order valence-electron chi connectivity index (χ4n) is 2.31. The summed E-state index contributed by atoms with van der Waals surface area (Å²) >= 11 is 0. The number of hydrogen-bond donors (Lipinski definition) is 0. The van der Waals surface area contributed by atoms with E-state index in [-0.39, 0.29) is 18.0 Å². The number of aromatic nitrogens is 4. The monoisotopic (exact) mass is 348 g/mol. The molecule has 2 heterocycles. The smallest absolute Gasteiger partial charge is 0.226 e. The van der Waals surface area contributed by atoms with Crippen LogP contribution in [0.4, 0.5) is 5.95 Å². The molecule has 0 N–H and O–H groups in total. The first-order chi connectivity index (χ1) is 11.3. The second-order valence-corrected chi connectivity index (χ2v) is 7.79. The molecule has 8 nitrogen and oxygen atoms in total. The minimum atomic E-state index is -3.13. The van der Waals surface area contributed by atoms with Crippen LogP contribution < -0.4 is 4.90 Å². The van der Waals surface area contributed by atoms with E-state index in [1.807, 2.05) is 26.2 Å². The lowest BCUT2D eigenvalue weighted by atomic mass is 10.2. The lowest BCUT2D eigenvalue weighted by molar-refractivity contribution is 0.599. The van der Waals surface area contributed by atoms with Gasteiger partial charge in [0.15, 0.2) is 0 Å². The zero-order valence-electron chi connectivity index (χ0n) is 14.0. The predicted octanol–water partition coefficient (Wildman–Crippen LogP) is 0.695. The van der Waals surface area contributed by atoms with Gasteiger partial charge < -0.3 is 4.90 Å². The highest BCUT2D eigenvalue weighted by Gasteiger charge is 2.17. The van der Waals surface area contributed by atoms with Crippen molar-refractivity contribution in [2.45, 2.75) is 19.9 Å². The van der Waals surface area contributed by atoms with E-state index < -0.39 is 9.84 Å². The van der Waals surface area contributed by atoms with Gasteiger partial charge in [0.1, 0.15) is 21.6 Å². The summed E-state index contributed by atoms with van der Waals surface area (Å²) < 4.78 is 24.8. The lowest BCUT2D eigenvalue weighted by Gasteiger charge is -2.22. The zero-order valence-corrected chi connectivity index (χ0v) is 14.8. The molecule has 128 valence electrons. The summed E-state index contributed by atoms with van der Waals surface area (Å²) in [6.07, 6.45) is 5.37. The molecule has 2 rings (SSSR count). The van der Waals surface area contributed by atoms with Gasteiger partial charge in [0, 0.05) is 44.4 Å². The molecule has 2 aromatic heterocycles. The fraction of sp³-hybridized carbons (Fsp3) is 0.467. The van der Waals surface area contributed by atoms with E-state index in [4.69, 9.17) is 5.26 Å². The van der Waals surface area contributed by atoms with Crippen molar-refractivity contribution < 1.29 is 8.42 Å². The summed E-state index contributed by atoms with van der Waals surface area (Å²) in [7, 11) is -1.29. The van der Waals surface area contributed by atoms with Gasteiger partial charge in [-0.15, -0.1) is 0 Å². The molecule has 0 bridgehead atoms. The molecule has 0 atom stereocenters. The average molecular weight is 348 g/mol. The van der Waals surface area contributed by atoms with Gasteiger partial charge in [0.25, 0.3) is 0 Å². The van der Waals surface area contributed by atoms with Crippen LogP contribution in [0.15, 0.2) is 18.5 Å². The molecule has 0 saturated carbocycles. The Bertz CT molecular complexity index is 853. The van der Waals surface area contributed by atoms with Crippen LogP contribution in [0.2, 0.25) is 0 Å². The van der Waals surface area contributed by atoms with Crippen molar-refractivity contribution in [3.8, 4) is 6.07 Å². The molecule has 0 amide bonds. The van der Waals surface area contributed by atoms with Gasteiger partial charge in [-0.1, -0.05) is 6.92 Å². The quantitative estimate of drug-likeness (QED) is 0.725. The maximum absolute atomic E-state index is 11.5. The third kappa shape index (κ3) is 4.76. The first-order valence-electron chi connectivity index (χ1n) is 7.49. The molecule has 24 heavy (non-hydrogen) atoms. The Morgan fingerprint density at radius 3 is 2.79 bits per heavy atom. The number of anilines is 1. The minimum absolute atomic E-state index is 0.0190. The first kappa shape index (κ1) is 17.9. The molecule has 0 unspecified atom stereocenters. The molecule has 0 spiro atoms. The van der Waals surface area contributed by atoms with Gasteiger partial charge in [0.05, 0.1) is 11.4 Å². The largest absolute Gasteiger partial charge is 0.335 e. The molecule has 0 radical (unpaired) electrons. The molecule has 0 aliphatic rings. The summed E-state index contributed by atoms with van der Waals surface area (Å²) in [6.45, 7) is 2.69. The van der Waals surface area contributed by atoms with Crippen LogP contribution in [0.25, 0.3) is 0 Å². The van der Waals surface area contributed by atoms with E-state index in [2.05, 4.69) is 15.1 Å². The standard InChI is InChI=1S/C15H20N6O2S/c1-4-14-12(10-20(2)19-14)11-21(7-8-24(3,22)23)15-17-6-5-13(9-16)18-15/h5-6,10H,4,7-8,11H2,1-3H3. The molecular formula is C15H20N6O2S. The highest BCUT2D eigenvalue weighted by atomic mass is 32.2. The molecule has 0 saturated heterocycles. The Hall–Kier alpha value is -2.47. The number of rotatable bonds is 7. The van der Waals surface area contributed by atoms with E-state index in [9.17, 15) is 8.42 Å². The first-order valence-corrected chi connectivity index (χ1v) is 9.55. The van der Waals surface area contributed by atoms with Gasteiger partial charge in [-0.05, 0) is 12.5 Å². The van der Waals surface area contributed by atoms with E-state index in [1.54, 1.807) is 9.58 Å². The summed E-state index contributed by atoms with van der Waals surface area (Å²) in [6, 6.07) is 3.49. The number of nitrogens with zero attached hydrogens (tertiary/aromatic N) is 6. The van der Waals surface area contributed by atoms with E-state index in [0.29, 0.717) is 12.5 Å². The maximum atomic E-state index is 11.5. The van der Waals surface area contributed by atoms with Crippen LogP contribution in [-0.2, 0) is 29.9 Å². The molecule has 0 aromatic carbocycles. The van der Waals surface area contributed by atoms with Gasteiger partial charge >= 0.3 is 0 Å². The number of sulfone groups is 1. The third-order valence-corrected chi connectivity index (χ3v) is 4.38. The Morgan fingerprint density at radius 2 is 2.17 bits per heavy atom. The van der Waals surface area contributed by atoms with Gasteiger partial charge in [-0.25, -0.2) is 18.4 Å². The molecular weight excluding hydrogens is 328 g/mol.